The van der Waals surface area contributed by atoms with Gasteiger partial charge in [-0.1, -0.05) is 0 Å². The molecule has 4 heteroatoms. The second-order valence-electron chi connectivity index (χ2n) is 3.69. The molecule has 0 saturated heterocycles. The molecule has 0 bridgehead atoms. The molecule has 0 spiro atoms. The summed E-state index contributed by atoms with van der Waals surface area (Å²) in [6, 6.07) is 3.30. The maximum atomic E-state index is 10.4. The summed E-state index contributed by atoms with van der Waals surface area (Å²) in [5.41, 5.74) is 0.384. The van der Waals surface area contributed by atoms with Gasteiger partial charge < -0.3 is 9.84 Å². The Bertz CT molecular complexity index is 336. The molecule has 1 aromatic rings. The molecule has 80 valence electrons. The Morgan fingerprint density at radius 3 is 2.87 bits per heavy atom. The highest BCUT2D eigenvalue weighted by Gasteiger charge is 2.26. The van der Waals surface area contributed by atoms with Crippen molar-refractivity contribution in [3.63, 3.8) is 0 Å². The average Bonchev–Trinajstić information content (AvgIpc) is 2.66. The second kappa shape index (κ2) is 4.40. The minimum atomic E-state index is -0.379. The molecule has 1 heterocycles. The summed E-state index contributed by atoms with van der Waals surface area (Å²) >= 11 is 0. The fourth-order valence-electron chi connectivity index (χ4n) is 1.75. The van der Waals surface area contributed by atoms with Crippen molar-refractivity contribution < 1.29 is 14.6 Å². The van der Waals surface area contributed by atoms with Crippen molar-refractivity contribution in [2.24, 2.45) is 0 Å². The third kappa shape index (κ3) is 2.33. The van der Waals surface area contributed by atoms with Crippen molar-refractivity contribution in [2.45, 2.75) is 31.5 Å². The van der Waals surface area contributed by atoms with Gasteiger partial charge in [-0.25, -0.2) is 4.98 Å². The van der Waals surface area contributed by atoms with Crippen LogP contribution in [0.4, 0.5) is 0 Å². The molecule has 1 N–H and O–H groups in total. The van der Waals surface area contributed by atoms with Crippen molar-refractivity contribution >= 4 is 6.29 Å². The first-order chi connectivity index (χ1) is 7.29. The van der Waals surface area contributed by atoms with Gasteiger partial charge in [0.25, 0.3) is 0 Å². The Balaban J connectivity index is 2.01. The summed E-state index contributed by atoms with van der Waals surface area (Å²) in [5, 5.41) is 9.55. The van der Waals surface area contributed by atoms with Gasteiger partial charge in [-0.2, -0.15) is 0 Å². The van der Waals surface area contributed by atoms with Crippen molar-refractivity contribution in [1.82, 2.24) is 4.98 Å². The molecule has 1 aliphatic rings. The van der Waals surface area contributed by atoms with Gasteiger partial charge in [0.2, 0.25) is 0 Å². The molecule has 2 rings (SSSR count). The molecule has 4 nitrogen and oxygen atoms in total. The number of nitrogens with zero attached hydrogens (tertiary/aromatic N) is 1. The minimum absolute atomic E-state index is 0.131. The molecule has 2 atom stereocenters. The van der Waals surface area contributed by atoms with Gasteiger partial charge in [-0.15, -0.1) is 0 Å². The normalized spacial score (nSPS) is 25.1. The van der Waals surface area contributed by atoms with Crippen molar-refractivity contribution in [3.8, 4) is 5.75 Å². The van der Waals surface area contributed by atoms with E-state index in [9.17, 15) is 9.90 Å². The second-order valence-corrected chi connectivity index (χ2v) is 3.69. The molecule has 0 radical (unpaired) electrons. The van der Waals surface area contributed by atoms with Crippen LogP contribution in [-0.4, -0.2) is 28.6 Å². The third-order valence-electron chi connectivity index (χ3n) is 2.59. The zero-order valence-corrected chi connectivity index (χ0v) is 8.30. The van der Waals surface area contributed by atoms with E-state index in [1.165, 1.54) is 6.20 Å². The van der Waals surface area contributed by atoms with E-state index in [4.69, 9.17) is 4.74 Å². The van der Waals surface area contributed by atoms with Gasteiger partial charge in [0, 0.05) is 0 Å². The topological polar surface area (TPSA) is 59.4 Å². The summed E-state index contributed by atoms with van der Waals surface area (Å²) < 4.78 is 5.56. The Labute approximate surface area is 87.9 Å². The van der Waals surface area contributed by atoms with Crippen LogP contribution in [0.5, 0.6) is 5.75 Å². The lowest BCUT2D eigenvalue weighted by Gasteiger charge is -2.16. The maximum Gasteiger partial charge on any atom is 0.168 e. The number of hydrogen-bond donors (Lipinski definition) is 1. The van der Waals surface area contributed by atoms with Gasteiger partial charge in [-0.05, 0) is 31.4 Å². The molecule has 1 fully saturated rings. The van der Waals surface area contributed by atoms with Crippen LogP contribution in [0.3, 0.4) is 0 Å². The Kier molecular flexibility index (Phi) is 2.97. The van der Waals surface area contributed by atoms with Crippen molar-refractivity contribution in [2.75, 3.05) is 0 Å². The van der Waals surface area contributed by atoms with Crippen LogP contribution in [0, 0.1) is 0 Å². The molecule has 0 aromatic carbocycles. The van der Waals surface area contributed by atoms with E-state index in [0.717, 1.165) is 19.3 Å². The van der Waals surface area contributed by atoms with E-state index in [1.807, 2.05) is 0 Å². The average molecular weight is 207 g/mol. The smallest absolute Gasteiger partial charge is 0.168 e. The van der Waals surface area contributed by atoms with E-state index < -0.39 is 0 Å². The van der Waals surface area contributed by atoms with Gasteiger partial charge in [0.1, 0.15) is 17.5 Å². The number of aromatic nitrogens is 1. The molecule has 0 amide bonds. The van der Waals surface area contributed by atoms with E-state index in [1.54, 1.807) is 12.1 Å². The van der Waals surface area contributed by atoms with Gasteiger partial charge >= 0.3 is 0 Å². The van der Waals surface area contributed by atoms with Crippen LogP contribution in [0.2, 0.25) is 0 Å². The molecule has 15 heavy (non-hydrogen) atoms. The number of carbonyl (C=O) groups excluding carboxylic acids is 1. The van der Waals surface area contributed by atoms with Crippen molar-refractivity contribution in [3.05, 3.63) is 24.0 Å². The van der Waals surface area contributed by atoms with Gasteiger partial charge in [0.05, 0.1) is 12.3 Å². The highest BCUT2D eigenvalue weighted by molar-refractivity contribution is 5.71. The van der Waals surface area contributed by atoms with Crippen LogP contribution in [0.15, 0.2) is 18.3 Å². The highest BCUT2D eigenvalue weighted by atomic mass is 16.5. The van der Waals surface area contributed by atoms with Gasteiger partial charge in [0.15, 0.2) is 6.29 Å². The zero-order chi connectivity index (χ0) is 10.7. The lowest BCUT2D eigenvalue weighted by Crippen LogP contribution is -2.25. The number of rotatable bonds is 3. The molecule has 0 aliphatic heterocycles. The summed E-state index contributed by atoms with van der Waals surface area (Å²) in [4.78, 5) is 14.3. The number of aldehydes is 1. The quantitative estimate of drug-likeness (QED) is 0.756. The first-order valence-electron chi connectivity index (χ1n) is 5.05. The number of ether oxygens (including phenoxy) is 1. The Morgan fingerprint density at radius 2 is 2.33 bits per heavy atom. The summed E-state index contributed by atoms with van der Waals surface area (Å²) in [6.45, 7) is 0. The third-order valence-corrected chi connectivity index (χ3v) is 2.59. The standard InChI is InChI=1S/C11H13NO3/c13-7-8-4-5-9(6-12-8)15-11-3-1-2-10(11)14/h4-7,10-11,14H,1-3H2. The molecule has 1 saturated carbocycles. The number of hydrogen-bond acceptors (Lipinski definition) is 4. The number of pyridine rings is 1. The summed E-state index contributed by atoms with van der Waals surface area (Å²) in [6.07, 6.45) is 4.35. The zero-order valence-electron chi connectivity index (χ0n) is 8.30. The van der Waals surface area contributed by atoms with Crippen LogP contribution in [0.1, 0.15) is 29.8 Å². The van der Waals surface area contributed by atoms with E-state index >= 15 is 0 Å². The van der Waals surface area contributed by atoms with E-state index in [0.29, 0.717) is 17.7 Å². The molecule has 1 aromatic heterocycles. The largest absolute Gasteiger partial charge is 0.486 e. The van der Waals surface area contributed by atoms with E-state index in [2.05, 4.69) is 4.98 Å². The summed E-state index contributed by atoms with van der Waals surface area (Å²) in [7, 11) is 0. The SMILES string of the molecule is O=Cc1ccc(OC2CCCC2O)cn1. The fourth-order valence-corrected chi connectivity index (χ4v) is 1.75. The number of carbonyl (C=O) groups is 1. The van der Waals surface area contributed by atoms with Crippen LogP contribution in [-0.2, 0) is 0 Å². The number of aliphatic hydroxyl groups is 1. The maximum absolute atomic E-state index is 10.4. The lowest BCUT2D eigenvalue weighted by atomic mass is 10.2. The fraction of sp³-hybridized carbons (Fsp3) is 0.455. The predicted molar refractivity (Wildman–Crippen MR) is 53.9 cm³/mol. The molecular formula is C11H13NO3. The van der Waals surface area contributed by atoms with E-state index in [-0.39, 0.29) is 12.2 Å². The van der Waals surface area contributed by atoms with Gasteiger partial charge in [-0.3, -0.25) is 4.79 Å². The minimum Gasteiger partial charge on any atom is -0.486 e. The highest BCUT2D eigenvalue weighted by Crippen LogP contribution is 2.24. The first kappa shape index (κ1) is 10.1. The van der Waals surface area contributed by atoms with Crippen LogP contribution >= 0.6 is 0 Å². The molecule has 1 aliphatic carbocycles. The molecule has 2 unspecified atom stereocenters. The van der Waals surface area contributed by atoms with Crippen LogP contribution in [0.25, 0.3) is 0 Å². The summed E-state index contributed by atoms with van der Waals surface area (Å²) in [5.74, 6) is 0.603. The predicted octanol–water partition coefficient (Wildman–Crippen LogP) is 1.19. The Morgan fingerprint density at radius 1 is 1.47 bits per heavy atom. The number of aliphatic hydroxyl groups excluding tert-OH is 1. The first-order valence-corrected chi connectivity index (χ1v) is 5.05. The monoisotopic (exact) mass is 207 g/mol. The van der Waals surface area contributed by atoms with Crippen LogP contribution < -0.4 is 4.74 Å². The molecular weight excluding hydrogens is 194 g/mol. The Hall–Kier alpha value is -1.42. The lowest BCUT2D eigenvalue weighted by molar-refractivity contribution is 0.0601. The van der Waals surface area contributed by atoms with Crippen molar-refractivity contribution in [1.29, 1.82) is 0 Å².